The zero-order valence-corrected chi connectivity index (χ0v) is 10.7. The van der Waals surface area contributed by atoms with Crippen molar-refractivity contribution >= 4 is 5.69 Å². The molecule has 96 valence electrons. The smallest absolute Gasteiger partial charge is 0.121 e. The van der Waals surface area contributed by atoms with Gasteiger partial charge in [0.15, 0.2) is 0 Å². The van der Waals surface area contributed by atoms with Crippen LogP contribution >= 0.6 is 0 Å². The van der Waals surface area contributed by atoms with E-state index in [9.17, 15) is 0 Å². The van der Waals surface area contributed by atoms with Crippen LogP contribution in [0.5, 0.6) is 5.75 Å². The molecule has 0 aromatic heterocycles. The second-order valence-corrected chi connectivity index (χ2v) is 4.09. The molecule has 0 aliphatic rings. The summed E-state index contributed by atoms with van der Waals surface area (Å²) in [5.74, 6) is 0.805. The highest BCUT2D eigenvalue weighted by Crippen LogP contribution is 2.13. The highest BCUT2D eigenvalue weighted by atomic mass is 16.5. The zero-order chi connectivity index (χ0) is 12.3. The number of rotatable bonds is 9. The van der Waals surface area contributed by atoms with Gasteiger partial charge in [0.1, 0.15) is 12.4 Å². The maximum atomic E-state index is 5.65. The quantitative estimate of drug-likeness (QED) is 0.529. The first-order chi connectivity index (χ1) is 8.33. The number of nitrogen functional groups attached to an aromatic ring is 1. The predicted octanol–water partition coefficient (Wildman–Crippen LogP) is 3.24. The first kappa shape index (κ1) is 13.8. The molecule has 17 heavy (non-hydrogen) atoms. The SMILES string of the molecule is CCCCCCOCCOc1cccc(N)c1. The highest BCUT2D eigenvalue weighted by molar-refractivity contribution is 5.43. The number of ether oxygens (including phenoxy) is 2. The monoisotopic (exact) mass is 237 g/mol. The molecule has 0 saturated heterocycles. The van der Waals surface area contributed by atoms with E-state index in [2.05, 4.69) is 6.92 Å². The third-order valence-electron chi connectivity index (χ3n) is 2.50. The van der Waals surface area contributed by atoms with Crippen LogP contribution in [0.25, 0.3) is 0 Å². The van der Waals surface area contributed by atoms with E-state index in [0.29, 0.717) is 13.2 Å². The van der Waals surface area contributed by atoms with E-state index >= 15 is 0 Å². The van der Waals surface area contributed by atoms with Crippen LogP contribution in [0.1, 0.15) is 32.6 Å². The molecule has 1 aromatic rings. The Bertz CT molecular complexity index is 302. The Hall–Kier alpha value is -1.22. The van der Waals surface area contributed by atoms with Crippen molar-refractivity contribution in [2.75, 3.05) is 25.6 Å². The molecule has 0 spiro atoms. The van der Waals surface area contributed by atoms with Crippen molar-refractivity contribution in [1.29, 1.82) is 0 Å². The Morgan fingerprint density at radius 3 is 2.71 bits per heavy atom. The summed E-state index contributed by atoms with van der Waals surface area (Å²) in [5, 5.41) is 0. The van der Waals surface area contributed by atoms with Gasteiger partial charge in [-0.2, -0.15) is 0 Å². The van der Waals surface area contributed by atoms with Crippen LogP contribution in [0.4, 0.5) is 5.69 Å². The average Bonchev–Trinajstić information content (AvgIpc) is 2.33. The van der Waals surface area contributed by atoms with E-state index in [-0.39, 0.29) is 0 Å². The zero-order valence-electron chi connectivity index (χ0n) is 10.7. The summed E-state index contributed by atoms with van der Waals surface area (Å²) in [4.78, 5) is 0. The Morgan fingerprint density at radius 2 is 1.94 bits per heavy atom. The third-order valence-corrected chi connectivity index (χ3v) is 2.50. The maximum absolute atomic E-state index is 5.65. The minimum Gasteiger partial charge on any atom is -0.491 e. The lowest BCUT2D eigenvalue weighted by Crippen LogP contribution is -2.07. The summed E-state index contributed by atoms with van der Waals surface area (Å²) in [6, 6.07) is 7.45. The molecule has 0 fully saturated rings. The largest absolute Gasteiger partial charge is 0.491 e. The fourth-order valence-corrected chi connectivity index (χ4v) is 1.56. The topological polar surface area (TPSA) is 44.5 Å². The second kappa shape index (κ2) is 8.88. The molecule has 0 unspecified atom stereocenters. The molecule has 3 nitrogen and oxygen atoms in total. The lowest BCUT2D eigenvalue weighted by Gasteiger charge is -2.07. The van der Waals surface area contributed by atoms with Crippen molar-refractivity contribution in [3.8, 4) is 5.75 Å². The van der Waals surface area contributed by atoms with Gasteiger partial charge in [-0.1, -0.05) is 32.3 Å². The lowest BCUT2D eigenvalue weighted by molar-refractivity contribution is 0.0971. The lowest BCUT2D eigenvalue weighted by atomic mass is 10.2. The molecule has 0 heterocycles. The molecule has 1 rings (SSSR count). The maximum Gasteiger partial charge on any atom is 0.121 e. The van der Waals surface area contributed by atoms with Gasteiger partial charge in [-0.25, -0.2) is 0 Å². The minimum absolute atomic E-state index is 0.581. The number of nitrogens with two attached hydrogens (primary N) is 1. The van der Waals surface area contributed by atoms with Crippen molar-refractivity contribution in [2.45, 2.75) is 32.6 Å². The van der Waals surface area contributed by atoms with Crippen LogP contribution in [0.2, 0.25) is 0 Å². The van der Waals surface area contributed by atoms with Gasteiger partial charge in [-0.15, -0.1) is 0 Å². The molecule has 0 saturated carbocycles. The van der Waals surface area contributed by atoms with Crippen molar-refractivity contribution < 1.29 is 9.47 Å². The van der Waals surface area contributed by atoms with Crippen LogP contribution in [0.3, 0.4) is 0 Å². The summed E-state index contributed by atoms with van der Waals surface area (Å²) < 4.78 is 11.0. The predicted molar refractivity (Wildman–Crippen MR) is 71.3 cm³/mol. The molecule has 0 radical (unpaired) electrons. The van der Waals surface area contributed by atoms with Crippen molar-refractivity contribution in [2.24, 2.45) is 0 Å². The third kappa shape index (κ3) is 6.84. The molecule has 0 aliphatic heterocycles. The molecule has 3 heteroatoms. The van der Waals surface area contributed by atoms with Crippen molar-refractivity contribution in [1.82, 2.24) is 0 Å². The Morgan fingerprint density at radius 1 is 1.06 bits per heavy atom. The van der Waals surface area contributed by atoms with Gasteiger partial charge >= 0.3 is 0 Å². The number of hydrogen-bond acceptors (Lipinski definition) is 3. The van der Waals surface area contributed by atoms with Gasteiger partial charge in [-0.05, 0) is 18.6 Å². The van der Waals surface area contributed by atoms with Crippen LogP contribution < -0.4 is 10.5 Å². The van der Waals surface area contributed by atoms with Gasteiger partial charge in [0.2, 0.25) is 0 Å². The summed E-state index contributed by atoms with van der Waals surface area (Å²) in [5.41, 5.74) is 6.37. The van der Waals surface area contributed by atoms with Crippen LogP contribution in [-0.2, 0) is 4.74 Å². The summed E-state index contributed by atoms with van der Waals surface area (Å²) in [7, 11) is 0. The molecule has 0 aliphatic carbocycles. The van der Waals surface area contributed by atoms with E-state index in [1.54, 1.807) is 0 Å². The minimum atomic E-state index is 0.581. The van der Waals surface area contributed by atoms with Gasteiger partial charge in [0, 0.05) is 18.4 Å². The van der Waals surface area contributed by atoms with Gasteiger partial charge in [0.05, 0.1) is 6.61 Å². The highest BCUT2D eigenvalue weighted by Gasteiger charge is 1.94. The van der Waals surface area contributed by atoms with E-state index < -0.39 is 0 Å². The fraction of sp³-hybridized carbons (Fsp3) is 0.571. The number of benzene rings is 1. The van der Waals surface area contributed by atoms with Crippen LogP contribution in [-0.4, -0.2) is 19.8 Å². The molecular formula is C14H23NO2. The van der Waals surface area contributed by atoms with Crippen molar-refractivity contribution in [3.05, 3.63) is 24.3 Å². The summed E-state index contributed by atoms with van der Waals surface area (Å²) in [6.07, 6.45) is 4.96. The summed E-state index contributed by atoms with van der Waals surface area (Å²) in [6.45, 7) is 4.26. The van der Waals surface area contributed by atoms with Crippen molar-refractivity contribution in [3.63, 3.8) is 0 Å². The standard InChI is InChI=1S/C14H23NO2/c1-2-3-4-5-9-16-10-11-17-14-8-6-7-13(15)12-14/h6-8,12H,2-5,9-11,15H2,1H3. The normalized spacial score (nSPS) is 10.4. The Kier molecular flexibility index (Phi) is 7.23. The van der Waals surface area contributed by atoms with Gasteiger partial charge < -0.3 is 15.2 Å². The molecule has 0 bridgehead atoms. The first-order valence-electron chi connectivity index (χ1n) is 6.39. The average molecular weight is 237 g/mol. The van der Waals surface area contributed by atoms with Gasteiger partial charge in [-0.3, -0.25) is 0 Å². The second-order valence-electron chi connectivity index (χ2n) is 4.09. The van der Waals surface area contributed by atoms with E-state index in [4.69, 9.17) is 15.2 Å². The van der Waals surface area contributed by atoms with Crippen LogP contribution in [0.15, 0.2) is 24.3 Å². The number of anilines is 1. The first-order valence-corrected chi connectivity index (χ1v) is 6.39. The summed E-state index contributed by atoms with van der Waals surface area (Å²) >= 11 is 0. The Labute approximate surface area is 104 Å². The molecule has 1 aromatic carbocycles. The molecular weight excluding hydrogens is 214 g/mol. The Balaban J connectivity index is 1.97. The fourth-order valence-electron chi connectivity index (χ4n) is 1.56. The van der Waals surface area contributed by atoms with Gasteiger partial charge in [0.25, 0.3) is 0 Å². The van der Waals surface area contributed by atoms with E-state index in [1.165, 1.54) is 19.3 Å². The molecule has 2 N–H and O–H groups in total. The molecule has 0 amide bonds. The van der Waals surface area contributed by atoms with E-state index in [1.807, 2.05) is 24.3 Å². The molecule has 0 atom stereocenters. The number of hydrogen-bond donors (Lipinski definition) is 1. The van der Waals surface area contributed by atoms with E-state index in [0.717, 1.165) is 24.5 Å². The number of unbranched alkanes of at least 4 members (excludes halogenated alkanes) is 3. The van der Waals surface area contributed by atoms with Crippen LogP contribution in [0, 0.1) is 0 Å².